The molecule has 2 saturated heterocycles. The van der Waals surface area contributed by atoms with Gasteiger partial charge in [0.25, 0.3) is 0 Å². The minimum absolute atomic E-state index is 0.0623. The highest BCUT2D eigenvalue weighted by molar-refractivity contribution is 7.89. The summed E-state index contributed by atoms with van der Waals surface area (Å²) in [5.41, 5.74) is -0.802. The predicted octanol–water partition coefficient (Wildman–Crippen LogP) is -0.0481. The fourth-order valence-electron chi connectivity index (χ4n) is 2.15. The van der Waals surface area contributed by atoms with Crippen LogP contribution in [0.4, 0.5) is 0 Å². The van der Waals surface area contributed by atoms with E-state index in [1.165, 1.54) is 4.31 Å². The number of sulfonamides is 1. The molecule has 2 rings (SSSR count). The van der Waals surface area contributed by atoms with Gasteiger partial charge in [-0.25, -0.2) is 8.42 Å². The van der Waals surface area contributed by atoms with Gasteiger partial charge in [-0.3, -0.25) is 0 Å². The number of β-amino-alcohol motifs (C(OH)–C–C–N with tert-alkyl or cyclic N) is 1. The summed E-state index contributed by atoms with van der Waals surface area (Å²) in [6.07, 6.45) is 2.21. The van der Waals surface area contributed by atoms with Crippen LogP contribution >= 0.6 is 0 Å². The second-order valence-corrected chi connectivity index (χ2v) is 6.77. The van der Waals surface area contributed by atoms with Crippen LogP contribution in [0.1, 0.15) is 26.2 Å². The maximum absolute atomic E-state index is 11.9. The molecule has 1 unspecified atom stereocenters. The van der Waals surface area contributed by atoms with Crippen molar-refractivity contribution in [1.82, 2.24) is 4.31 Å². The monoisotopic (exact) mass is 249 g/mol. The zero-order valence-electron chi connectivity index (χ0n) is 9.55. The molecule has 0 radical (unpaired) electrons. The molecule has 6 heteroatoms. The molecular weight excluding hydrogens is 230 g/mol. The van der Waals surface area contributed by atoms with Crippen LogP contribution in [-0.2, 0) is 14.8 Å². The fraction of sp³-hybridized carbons (Fsp3) is 1.00. The maximum atomic E-state index is 11.9. The van der Waals surface area contributed by atoms with Gasteiger partial charge in [-0.15, -0.1) is 0 Å². The van der Waals surface area contributed by atoms with E-state index in [2.05, 4.69) is 0 Å². The van der Waals surface area contributed by atoms with Gasteiger partial charge in [-0.2, -0.15) is 4.31 Å². The number of ether oxygens (including phenoxy) is 1. The molecule has 0 aromatic carbocycles. The molecule has 0 spiro atoms. The van der Waals surface area contributed by atoms with E-state index in [1.807, 2.05) is 6.92 Å². The van der Waals surface area contributed by atoms with Crippen LogP contribution in [0.5, 0.6) is 0 Å². The van der Waals surface area contributed by atoms with Gasteiger partial charge in [0.2, 0.25) is 10.0 Å². The lowest BCUT2D eigenvalue weighted by atomic mass is 9.94. The molecule has 2 fully saturated rings. The number of hydrogen-bond donors (Lipinski definition) is 1. The van der Waals surface area contributed by atoms with Crippen molar-refractivity contribution in [2.45, 2.75) is 37.9 Å². The maximum Gasteiger partial charge on any atom is 0.216 e. The largest absolute Gasteiger partial charge is 0.387 e. The first kappa shape index (κ1) is 12.3. The Balaban J connectivity index is 1.89. The van der Waals surface area contributed by atoms with E-state index in [0.29, 0.717) is 13.0 Å². The lowest BCUT2D eigenvalue weighted by Crippen LogP contribution is -2.63. The smallest absolute Gasteiger partial charge is 0.216 e. The third-order valence-corrected chi connectivity index (χ3v) is 5.25. The molecule has 2 aliphatic heterocycles. The number of aliphatic hydroxyl groups is 1. The summed E-state index contributed by atoms with van der Waals surface area (Å²) >= 11 is 0. The van der Waals surface area contributed by atoms with E-state index in [-0.39, 0.29) is 24.9 Å². The highest BCUT2D eigenvalue weighted by Crippen LogP contribution is 2.28. The Hall–Kier alpha value is -0.170. The summed E-state index contributed by atoms with van der Waals surface area (Å²) in [5.74, 6) is 0.0623. The Morgan fingerprint density at radius 3 is 2.69 bits per heavy atom. The van der Waals surface area contributed by atoms with E-state index in [0.717, 1.165) is 12.8 Å². The number of rotatable bonds is 4. The summed E-state index contributed by atoms with van der Waals surface area (Å²) in [6, 6.07) is 0. The molecule has 1 atom stereocenters. The molecular formula is C10H19NO4S. The van der Waals surface area contributed by atoms with Crippen LogP contribution in [0.3, 0.4) is 0 Å². The van der Waals surface area contributed by atoms with Crippen LogP contribution in [-0.4, -0.2) is 55.0 Å². The predicted molar refractivity (Wildman–Crippen MR) is 59.6 cm³/mol. The van der Waals surface area contributed by atoms with Crippen molar-refractivity contribution >= 4 is 10.0 Å². The van der Waals surface area contributed by atoms with Gasteiger partial charge in [0.1, 0.15) is 0 Å². The third kappa shape index (κ3) is 2.40. The van der Waals surface area contributed by atoms with E-state index < -0.39 is 15.6 Å². The lowest BCUT2D eigenvalue weighted by molar-refractivity contribution is -0.0616. The molecule has 0 aromatic heterocycles. The molecule has 94 valence electrons. The summed E-state index contributed by atoms with van der Waals surface area (Å²) in [6.45, 7) is 3.00. The molecule has 16 heavy (non-hydrogen) atoms. The van der Waals surface area contributed by atoms with Crippen LogP contribution in [0.15, 0.2) is 0 Å². The molecule has 2 heterocycles. The molecule has 5 nitrogen and oxygen atoms in total. The third-order valence-electron chi connectivity index (χ3n) is 3.41. The van der Waals surface area contributed by atoms with Gasteiger partial charge in [-0.1, -0.05) is 6.92 Å². The average molecular weight is 249 g/mol. The molecule has 2 aliphatic rings. The van der Waals surface area contributed by atoms with Crippen molar-refractivity contribution in [2.24, 2.45) is 0 Å². The summed E-state index contributed by atoms with van der Waals surface area (Å²) in [5, 5.41) is 9.78. The van der Waals surface area contributed by atoms with E-state index in [9.17, 15) is 13.5 Å². The summed E-state index contributed by atoms with van der Waals surface area (Å²) < 4.78 is 30.5. The highest BCUT2D eigenvalue weighted by atomic mass is 32.2. The zero-order chi connectivity index (χ0) is 11.8. The van der Waals surface area contributed by atoms with E-state index in [1.54, 1.807) is 0 Å². The van der Waals surface area contributed by atoms with Gasteiger partial charge in [-0.05, 0) is 19.3 Å². The van der Waals surface area contributed by atoms with Crippen molar-refractivity contribution in [3.63, 3.8) is 0 Å². The molecule has 1 N–H and O–H groups in total. The van der Waals surface area contributed by atoms with Crippen LogP contribution in [0.25, 0.3) is 0 Å². The molecule has 0 aromatic rings. The molecule has 0 aliphatic carbocycles. The van der Waals surface area contributed by atoms with Crippen molar-refractivity contribution in [3.8, 4) is 0 Å². The van der Waals surface area contributed by atoms with Gasteiger partial charge in [0.15, 0.2) is 0 Å². The Morgan fingerprint density at radius 1 is 1.50 bits per heavy atom. The Kier molecular flexibility index (Phi) is 3.27. The minimum Gasteiger partial charge on any atom is -0.387 e. The summed E-state index contributed by atoms with van der Waals surface area (Å²) in [4.78, 5) is 0. The Labute approximate surface area is 96.4 Å². The number of nitrogens with zero attached hydrogens (tertiary/aromatic N) is 1. The first-order valence-electron chi connectivity index (χ1n) is 5.77. The fourth-order valence-corrected chi connectivity index (χ4v) is 3.96. The number of hydrogen-bond acceptors (Lipinski definition) is 4. The van der Waals surface area contributed by atoms with Crippen molar-refractivity contribution in [2.75, 3.05) is 25.4 Å². The van der Waals surface area contributed by atoms with Crippen LogP contribution in [0, 0.1) is 0 Å². The SMILES string of the molecule is CCC1(O)CN(S(=O)(=O)CC2CCCO2)C1. The first-order chi connectivity index (χ1) is 7.45. The second kappa shape index (κ2) is 4.25. The lowest BCUT2D eigenvalue weighted by Gasteiger charge is -2.45. The Morgan fingerprint density at radius 2 is 2.19 bits per heavy atom. The second-order valence-electron chi connectivity index (χ2n) is 4.76. The summed E-state index contributed by atoms with van der Waals surface area (Å²) in [7, 11) is -3.24. The van der Waals surface area contributed by atoms with Crippen LogP contribution < -0.4 is 0 Å². The van der Waals surface area contributed by atoms with Gasteiger partial charge < -0.3 is 9.84 Å². The van der Waals surface area contributed by atoms with E-state index in [4.69, 9.17) is 4.74 Å². The normalized spacial score (nSPS) is 30.2. The first-order valence-corrected chi connectivity index (χ1v) is 7.38. The van der Waals surface area contributed by atoms with Crippen molar-refractivity contribution < 1.29 is 18.3 Å². The quantitative estimate of drug-likeness (QED) is 0.758. The van der Waals surface area contributed by atoms with Crippen LogP contribution in [0.2, 0.25) is 0 Å². The molecule has 0 amide bonds. The van der Waals surface area contributed by atoms with Crippen molar-refractivity contribution in [1.29, 1.82) is 0 Å². The van der Waals surface area contributed by atoms with Gasteiger partial charge in [0, 0.05) is 19.7 Å². The van der Waals surface area contributed by atoms with Crippen molar-refractivity contribution in [3.05, 3.63) is 0 Å². The minimum atomic E-state index is -3.24. The Bertz CT molecular complexity index is 342. The molecule has 0 bridgehead atoms. The topological polar surface area (TPSA) is 66.8 Å². The van der Waals surface area contributed by atoms with E-state index >= 15 is 0 Å². The average Bonchev–Trinajstić information content (AvgIpc) is 2.64. The van der Waals surface area contributed by atoms with Gasteiger partial charge in [0.05, 0.1) is 17.5 Å². The van der Waals surface area contributed by atoms with Gasteiger partial charge >= 0.3 is 0 Å². The molecule has 0 saturated carbocycles. The standard InChI is InChI=1S/C10H19NO4S/c1-2-10(12)7-11(8-10)16(13,14)6-9-4-3-5-15-9/h9,12H,2-8H2,1H3. The zero-order valence-corrected chi connectivity index (χ0v) is 10.4. The highest BCUT2D eigenvalue weighted by Gasteiger charge is 2.46.